The van der Waals surface area contributed by atoms with Crippen molar-refractivity contribution in [3.63, 3.8) is 0 Å². The van der Waals surface area contributed by atoms with Crippen molar-refractivity contribution in [1.29, 1.82) is 0 Å². The fourth-order valence-electron chi connectivity index (χ4n) is 4.69. The van der Waals surface area contributed by atoms with E-state index in [4.69, 9.17) is 14.2 Å². The number of carbonyl (C=O) groups excluding carboxylic acids is 2. The van der Waals surface area contributed by atoms with E-state index in [1.165, 1.54) is 42.5 Å². The molecule has 1 aliphatic carbocycles. The number of hydrogen-bond acceptors (Lipinski definition) is 7. The summed E-state index contributed by atoms with van der Waals surface area (Å²) < 4.78 is 59.0. The van der Waals surface area contributed by atoms with Gasteiger partial charge in [-0.25, -0.2) is 14.2 Å². The van der Waals surface area contributed by atoms with Gasteiger partial charge in [-0.2, -0.15) is 8.78 Å². The molecular weight excluding hydrogens is 545 g/mol. The van der Waals surface area contributed by atoms with Crippen LogP contribution < -0.4 is 14.8 Å². The minimum Gasteiger partial charge on any atom is -0.496 e. The van der Waals surface area contributed by atoms with E-state index in [1.54, 1.807) is 31.4 Å². The maximum Gasteiger partial charge on any atom is 0.410 e. The highest BCUT2D eigenvalue weighted by Crippen LogP contribution is 2.40. The molecule has 5 rings (SSSR count). The average Bonchev–Trinajstić information content (AvgIpc) is 3.58. The number of likely N-dealkylation sites (tertiary alicyclic amines) is 1. The second-order valence-corrected chi connectivity index (χ2v) is 11.3. The number of rotatable bonds is 8. The highest BCUT2D eigenvalue weighted by molar-refractivity contribution is 6.01. The number of nitrogens with zero attached hydrogens (tertiary/aromatic N) is 3. The van der Waals surface area contributed by atoms with Gasteiger partial charge in [0.15, 0.2) is 5.67 Å². The van der Waals surface area contributed by atoms with Crippen LogP contribution in [0.25, 0.3) is 16.9 Å². The van der Waals surface area contributed by atoms with E-state index >= 15 is 4.39 Å². The van der Waals surface area contributed by atoms with Gasteiger partial charge >= 0.3 is 12.7 Å². The SMILES string of the molecule is COc1cc(-c2cnc3cc(C(O)C4(F)CN(C(=O)OC(C)(C)C)C4)ccn23)cc(OC(F)F)c1C(=O)NC1CC1. The summed E-state index contributed by atoms with van der Waals surface area (Å²) in [4.78, 5) is 30.5. The maximum absolute atomic E-state index is 15.5. The number of pyridine rings is 1. The molecule has 1 aliphatic heterocycles. The summed E-state index contributed by atoms with van der Waals surface area (Å²) in [6.07, 6.45) is 2.43. The van der Waals surface area contributed by atoms with E-state index in [9.17, 15) is 23.5 Å². The quantitative estimate of drug-likeness (QED) is 0.406. The monoisotopic (exact) mass is 576 g/mol. The Morgan fingerprint density at radius 1 is 1.17 bits per heavy atom. The molecule has 3 aromatic rings. The van der Waals surface area contributed by atoms with Gasteiger partial charge in [0.1, 0.15) is 34.4 Å². The number of halogens is 3. The smallest absolute Gasteiger partial charge is 0.410 e. The van der Waals surface area contributed by atoms with E-state index in [2.05, 4.69) is 10.3 Å². The number of alkyl halides is 3. The van der Waals surface area contributed by atoms with E-state index < -0.39 is 36.0 Å². The first kappa shape index (κ1) is 28.5. The van der Waals surface area contributed by atoms with Gasteiger partial charge in [0.05, 0.1) is 32.1 Å². The minimum atomic E-state index is -3.18. The number of aromatic nitrogens is 2. The van der Waals surface area contributed by atoms with Gasteiger partial charge in [-0.05, 0) is 63.4 Å². The molecule has 0 radical (unpaired) electrons. The van der Waals surface area contributed by atoms with Crippen LogP contribution in [-0.4, -0.2) is 75.5 Å². The van der Waals surface area contributed by atoms with Crippen molar-refractivity contribution < 1.29 is 42.1 Å². The Morgan fingerprint density at radius 3 is 2.46 bits per heavy atom. The van der Waals surface area contributed by atoms with Gasteiger partial charge in [0.25, 0.3) is 5.91 Å². The van der Waals surface area contributed by atoms with Crippen molar-refractivity contribution in [2.45, 2.75) is 63.6 Å². The molecule has 41 heavy (non-hydrogen) atoms. The van der Waals surface area contributed by atoms with Crippen LogP contribution >= 0.6 is 0 Å². The number of fused-ring (bicyclic) bond motifs is 1. The molecule has 10 nitrogen and oxygen atoms in total. The van der Waals surface area contributed by atoms with Crippen LogP contribution in [0.3, 0.4) is 0 Å². The second-order valence-electron chi connectivity index (χ2n) is 11.3. The molecule has 2 fully saturated rings. The fraction of sp³-hybridized carbons (Fsp3) is 0.464. The first-order valence-corrected chi connectivity index (χ1v) is 13.1. The molecule has 1 unspecified atom stereocenters. The average molecular weight is 577 g/mol. The molecule has 0 bridgehead atoms. The Hall–Kier alpha value is -4.00. The molecule has 220 valence electrons. The maximum atomic E-state index is 15.5. The Bertz CT molecular complexity index is 1480. The van der Waals surface area contributed by atoms with Crippen molar-refractivity contribution in [3.05, 3.63) is 47.8 Å². The molecule has 2 aromatic heterocycles. The number of carbonyl (C=O) groups is 2. The highest BCUT2D eigenvalue weighted by Gasteiger charge is 2.52. The fourth-order valence-corrected chi connectivity index (χ4v) is 4.69. The first-order valence-electron chi connectivity index (χ1n) is 13.1. The topological polar surface area (TPSA) is 115 Å². The molecule has 2 aliphatic rings. The number of imidazole rings is 1. The van der Waals surface area contributed by atoms with Crippen LogP contribution in [0, 0.1) is 0 Å². The zero-order valence-corrected chi connectivity index (χ0v) is 23.0. The van der Waals surface area contributed by atoms with Crippen molar-refractivity contribution in [1.82, 2.24) is 19.6 Å². The van der Waals surface area contributed by atoms with Crippen LogP contribution in [0.4, 0.5) is 18.0 Å². The third-order valence-corrected chi connectivity index (χ3v) is 6.84. The molecule has 1 saturated heterocycles. The minimum absolute atomic E-state index is 0.0154. The summed E-state index contributed by atoms with van der Waals surface area (Å²) in [5, 5.41) is 13.6. The number of hydrogen-bond donors (Lipinski definition) is 2. The van der Waals surface area contributed by atoms with Gasteiger partial charge in [-0.15, -0.1) is 0 Å². The standard InChI is InChI=1S/C28H31F3N4O6/c1-27(2,3)41-26(38)34-13-28(31,14-34)23(36)15-7-8-35-18(12-32-21(35)11-15)16-9-19(39-4)22(20(10-16)40-25(29)30)24(37)33-17-5-6-17/h7-12,17,23,25,36H,5-6,13-14H2,1-4H3,(H,33,37). The van der Waals surface area contributed by atoms with Gasteiger partial charge in [0.2, 0.25) is 0 Å². The lowest BCUT2D eigenvalue weighted by Gasteiger charge is -2.46. The van der Waals surface area contributed by atoms with E-state index in [0.717, 1.165) is 12.8 Å². The van der Waals surface area contributed by atoms with Crippen molar-refractivity contribution >= 4 is 17.6 Å². The predicted molar refractivity (Wildman–Crippen MR) is 141 cm³/mol. The van der Waals surface area contributed by atoms with Crippen LogP contribution in [0.2, 0.25) is 0 Å². The van der Waals surface area contributed by atoms with Crippen molar-refractivity contribution in [3.8, 4) is 22.8 Å². The number of methoxy groups -OCH3 is 1. The number of aliphatic hydroxyl groups is 1. The number of amides is 2. The molecule has 1 saturated carbocycles. The first-order chi connectivity index (χ1) is 19.3. The highest BCUT2D eigenvalue weighted by atomic mass is 19.3. The Kier molecular flexibility index (Phi) is 7.26. The van der Waals surface area contributed by atoms with Gasteiger partial charge in [-0.1, -0.05) is 0 Å². The Morgan fingerprint density at radius 2 is 1.85 bits per heavy atom. The zero-order chi connectivity index (χ0) is 29.7. The normalized spacial score (nSPS) is 17.2. The summed E-state index contributed by atoms with van der Waals surface area (Å²) in [6, 6.07) is 5.81. The molecule has 13 heteroatoms. The summed E-state index contributed by atoms with van der Waals surface area (Å²) in [5.41, 5.74) is -1.54. The summed E-state index contributed by atoms with van der Waals surface area (Å²) in [7, 11) is 1.32. The molecular formula is C28H31F3N4O6. The van der Waals surface area contributed by atoms with Crippen LogP contribution in [-0.2, 0) is 4.74 Å². The molecule has 3 heterocycles. The third-order valence-electron chi connectivity index (χ3n) is 6.84. The number of nitrogens with one attached hydrogen (secondary N) is 1. The van der Waals surface area contributed by atoms with Gasteiger partial charge < -0.3 is 29.5 Å². The van der Waals surface area contributed by atoms with Gasteiger partial charge in [0, 0.05) is 17.8 Å². The summed E-state index contributed by atoms with van der Waals surface area (Å²) in [6.45, 7) is 1.28. The van der Waals surface area contributed by atoms with E-state index in [0.29, 0.717) is 16.9 Å². The second kappa shape index (κ2) is 10.4. The van der Waals surface area contributed by atoms with E-state index in [-0.39, 0.29) is 41.8 Å². The van der Waals surface area contributed by atoms with Crippen LogP contribution in [0.15, 0.2) is 36.7 Å². The summed E-state index contributed by atoms with van der Waals surface area (Å²) in [5.74, 6) is -0.893. The van der Waals surface area contributed by atoms with E-state index in [1.807, 2.05) is 0 Å². The largest absolute Gasteiger partial charge is 0.496 e. The Labute approximate surface area is 234 Å². The van der Waals surface area contributed by atoms with Gasteiger partial charge in [-0.3, -0.25) is 9.20 Å². The zero-order valence-electron chi connectivity index (χ0n) is 23.0. The Balaban J connectivity index is 1.41. The number of ether oxygens (including phenoxy) is 3. The van der Waals surface area contributed by atoms with Crippen LogP contribution in [0.5, 0.6) is 11.5 Å². The summed E-state index contributed by atoms with van der Waals surface area (Å²) >= 11 is 0. The van der Waals surface area contributed by atoms with Crippen LogP contribution in [0.1, 0.15) is 55.6 Å². The van der Waals surface area contributed by atoms with Crippen molar-refractivity contribution in [2.75, 3.05) is 20.2 Å². The lowest BCUT2D eigenvalue weighted by atomic mass is 9.86. The van der Waals surface area contributed by atoms with Crippen molar-refractivity contribution in [2.24, 2.45) is 0 Å². The molecule has 2 amide bonds. The molecule has 2 N–H and O–H groups in total. The number of benzene rings is 1. The predicted octanol–water partition coefficient (Wildman–Crippen LogP) is 4.50. The molecule has 1 atom stereocenters. The lowest BCUT2D eigenvalue weighted by Crippen LogP contribution is -2.64. The lowest BCUT2D eigenvalue weighted by molar-refractivity contribution is -0.113. The molecule has 1 aromatic carbocycles. The molecule has 0 spiro atoms. The third kappa shape index (κ3) is 5.90. The number of aliphatic hydroxyl groups excluding tert-OH is 1.